The van der Waals surface area contributed by atoms with Crippen molar-refractivity contribution in [2.24, 2.45) is 5.10 Å². The number of nitriles is 1. The first-order valence-corrected chi connectivity index (χ1v) is 7.18. The van der Waals surface area contributed by atoms with Crippen molar-refractivity contribution in [1.82, 2.24) is 5.43 Å². The van der Waals surface area contributed by atoms with Gasteiger partial charge in [0, 0.05) is 4.47 Å². The van der Waals surface area contributed by atoms with Crippen LogP contribution in [0.15, 0.2) is 58.1 Å². The number of nitrogens with zero attached hydrogens (tertiary/aromatic N) is 2. The van der Waals surface area contributed by atoms with E-state index in [0.29, 0.717) is 11.3 Å². The molecular weight excluding hydrogens is 346 g/mol. The van der Waals surface area contributed by atoms with Crippen molar-refractivity contribution in [2.45, 2.75) is 0 Å². The van der Waals surface area contributed by atoms with Crippen LogP contribution in [0.3, 0.4) is 0 Å². The zero-order valence-electron chi connectivity index (χ0n) is 11.5. The number of hydrazone groups is 1. The fraction of sp³-hybridized carbons (Fsp3) is 0.0625. The molecule has 2 aromatic carbocycles. The van der Waals surface area contributed by atoms with Crippen molar-refractivity contribution in [3.05, 3.63) is 64.1 Å². The van der Waals surface area contributed by atoms with Crippen LogP contribution < -0.4 is 10.2 Å². The van der Waals surface area contributed by atoms with Crippen molar-refractivity contribution in [3.63, 3.8) is 0 Å². The molecule has 0 aromatic heterocycles. The molecule has 0 saturated carbocycles. The van der Waals surface area contributed by atoms with Crippen LogP contribution in [0, 0.1) is 11.3 Å². The summed E-state index contributed by atoms with van der Waals surface area (Å²) in [5, 5.41) is 12.8. The molecule has 6 heteroatoms. The maximum absolute atomic E-state index is 11.6. The lowest BCUT2D eigenvalue weighted by atomic mass is 10.2. The third kappa shape index (κ3) is 4.72. The Bertz CT molecular complexity index is 738. The van der Waals surface area contributed by atoms with Crippen LogP contribution in [0.25, 0.3) is 0 Å². The van der Waals surface area contributed by atoms with Gasteiger partial charge in [0.1, 0.15) is 11.8 Å². The molecule has 0 unspecified atom stereocenters. The molecule has 110 valence electrons. The number of rotatable bonds is 5. The van der Waals surface area contributed by atoms with Gasteiger partial charge >= 0.3 is 0 Å². The molecule has 0 aliphatic heterocycles. The van der Waals surface area contributed by atoms with Crippen LogP contribution in [0.1, 0.15) is 11.1 Å². The summed E-state index contributed by atoms with van der Waals surface area (Å²) in [6, 6.07) is 16.2. The van der Waals surface area contributed by atoms with Crippen molar-refractivity contribution < 1.29 is 9.53 Å². The highest BCUT2D eigenvalue weighted by atomic mass is 79.9. The lowest BCUT2D eigenvalue weighted by molar-refractivity contribution is -0.123. The van der Waals surface area contributed by atoms with Gasteiger partial charge in [-0.1, -0.05) is 40.2 Å². The lowest BCUT2D eigenvalue weighted by Crippen LogP contribution is -2.24. The SMILES string of the molecule is N#Cc1ccccc1OCC(=O)N/N=C/c1cccc(Br)c1. The van der Waals surface area contributed by atoms with Crippen LogP contribution in [0.2, 0.25) is 0 Å². The first-order valence-electron chi connectivity index (χ1n) is 6.38. The van der Waals surface area contributed by atoms with Crippen molar-refractivity contribution in [3.8, 4) is 11.8 Å². The highest BCUT2D eigenvalue weighted by Gasteiger charge is 2.05. The van der Waals surface area contributed by atoms with E-state index in [1.807, 2.05) is 30.3 Å². The second-order valence-corrected chi connectivity index (χ2v) is 5.16. The van der Waals surface area contributed by atoms with Gasteiger partial charge in [-0.15, -0.1) is 0 Å². The standard InChI is InChI=1S/C16H12BrN3O2/c17-14-6-3-4-12(8-14)10-19-20-16(21)11-22-15-7-2-1-5-13(15)9-18/h1-8,10H,11H2,(H,20,21)/b19-10+. The average molecular weight is 358 g/mol. The van der Waals surface area contributed by atoms with Crippen LogP contribution in [-0.2, 0) is 4.79 Å². The molecule has 0 radical (unpaired) electrons. The van der Waals surface area contributed by atoms with Crippen LogP contribution in [-0.4, -0.2) is 18.7 Å². The molecule has 1 amide bonds. The molecule has 2 aromatic rings. The van der Waals surface area contributed by atoms with E-state index < -0.39 is 5.91 Å². The van der Waals surface area contributed by atoms with Crippen molar-refractivity contribution in [1.29, 1.82) is 5.26 Å². The molecule has 0 aliphatic carbocycles. The van der Waals surface area contributed by atoms with E-state index >= 15 is 0 Å². The van der Waals surface area contributed by atoms with Gasteiger partial charge in [-0.25, -0.2) is 5.43 Å². The Morgan fingerprint density at radius 3 is 2.91 bits per heavy atom. The highest BCUT2D eigenvalue weighted by molar-refractivity contribution is 9.10. The summed E-state index contributed by atoms with van der Waals surface area (Å²) in [4.78, 5) is 11.6. The normalized spacial score (nSPS) is 10.2. The summed E-state index contributed by atoms with van der Waals surface area (Å²) in [5.41, 5.74) is 3.60. The molecule has 0 spiro atoms. The summed E-state index contributed by atoms with van der Waals surface area (Å²) in [7, 11) is 0. The Kier molecular flexibility index (Phi) is 5.69. The van der Waals surface area contributed by atoms with Crippen LogP contribution in [0.5, 0.6) is 5.75 Å². The van der Waals surface area contributed by atoms with E-state index in [0.717, 1.165) is 10.0 Å². The molecule has 0 aliphatic rings. The second-order valence-electron chi connectivity index (χ2n) is 4.24. The molecule has 0 bridgehead atoms. The summed E-state index contributed by atoms with van der Waals surface area (Å²) in [5.74, 6) is -0.0323. The largest absolute Gasteiger partial charge is 0.482 e. The minimum atomic E-state index is -0.404. The Morgan fingerprint density at radius 1 is 1.32 bits per heavy atom. The van der Waals surface area contributed by atoms with E-state index in [2.05, 4.69) is 26.5 Å². The quantitative estimate of drug-likeness (QED) is 0.660. The Labute approximate surface area is 136 Å². The van der Waals surface area contributed by atoms with E-state index in [1.165, 1.54) is 6.21 Å². The van der Waals surface area contributed by atoms with Gasteiger partial charge in [-0.2, -0.15) is 10.4 Å². The number of halogens is 1. The number of ether oxygens (including phenoxy) is 1. The predicted molar refractivity (Wildman–Crippen MR) is 86.5 cm³/mol. The number of carbonyl (C=O) groups excluding carboxylic acids is 1. The van der Waals surface area contributed by atoms with Gasteiger partial charge in [0.15, 0.2) is 6.61 Å². The summed E-state index contributed by atoms with van der Waals surface area (Å²) < 4.78 is 6.23. The van der Waals surface area contributed by atoms with E-state index in [-0.39, 0.29) is 6.61 Å². The Balaban J connectivity index is 1.85. The molecule has 0 fully saturated rings. The first-order chi connectivity index (χ1) is 10.7. The third-order valence-corrected chi connectivity index (χ3v) is 3.11. The number of nitrogens with one attached hydrogen (secondary N) is 1. The minimum absolute atomic E-state index is 0.214. The fourth-order valence-electron chi connectivity index (χ4n) is 1.63. The third-order valence-electron chi connectivity index (χ3n) is 2.62. The van der Waals surface area contributed by atoms with Gasteiger partial charge in [0.25, 0.3) is 5.91 Å². The number of amides is 1. The van der Waals surface area contributed by atoms with Gasteiger partial charge in [0.05, 0.1) is 11.8 Å². The minimum Gasteiger partial charge on any atom is -0.482 e. The van der Waals surface area contributed by atoms with Gasteiger partial charge in [-0.3, -0.25) is 4.79 Å². The number of carbonyl (C=O) groups is 1. The number of hydrogen-bond donors (Lipinski definition) is 1. The van der Waals surface area contributed by atoms with Gasteiger partial charge in [-0.05, 0) is 29.8 Å². The van der Waals surface area contributed by atoms with E-state index in [4.69, 9.17) is 10.00 Å². The van der Waals surface area contributed by atoms with Crippen LogP contribution in [0.4, 0.5) is 0 Å². The fourth-order valence-corrected chi connectivity index (χ4v) is 2.04. The zero-order valence-corrected chi connectivity index (χ0v) is 13.1. The molecule has 5 nitrogen and oxygen atoms in total. The van der Waals surface area contributed by atoms with E-state index in [1.54, 1.807) is 24.3 Å². The van der Waals surface area contributed by atoms with Crippen LogP contribution >= 0.6 is 15.9 Å². The molecule has 0 atom stereocenters. The maximum Gasteiger partial charge on any atom is 0.277 e. The molecule has 22 heavy (non-hydrogen) atoms. The smallest absolute Gasteiger partial charge is 0.277 e. The molecule has 0 saturated heterocycles. The molecular formula is C16H12BrN3O2. The summed E-state index contributed by atoms with van der Waals surface area (Å²) in [6.07, 6.45) is 1.53. The summed E-state index contributed by atoms with van der Waals surface area (Å²) in [6.45, 7) is -0.214. The number of hydrogen-bond acceptors (Lipinski definition) is 4. The molecule has 0 heterocycles. The monoisotopic (exact) mass is 357 g/mol. The Hall–Kier alpha value is -2.65. The number of para-hydroxylation sites is 1. The average Bonchev–Trinajstić information content (AvgIpc) is 2.53. The van der Waals surface area contributed by atoms with Gasteiger partial charge in [0.2, 0.25) is 0 Å². The zero-order chi connectivity index (χ0) is 15.8. The topological polar surface area (TPSA) is 74.5 Å². The highest BCUT2D eigenvalue weighted by Crippen LogP contribution is 2.16. The molecule has 2 rings (SSSR count). The summed E-state index contributed by atoms with van der Waals surface area (Å²) >= 11 is 3.35. The van der Waals surface area contributed by atoms with Crippen molar-refractivity contribution >= 4 is 28.1 Å². The Morgan fingerprint density at radius 2 is 2.14 bits per heavy atom. The van der Waals surface area contributed by atoms with Crippen molar-refractivity contribution in [2.75, 3.05) is 6.61 Å². The first kappa shape index (κ1) is 15.7. The predicted octanol–water partition coefficient (Wildman–Crippen LogP) is 2.85. The second kappa shape index (κ2) is 7.96. The van der Waals surface area contributed by atoms with E-state index in [9.17, 15) is 4.79 Å². The van der Waals surface area contributed by atoms with Gasteiger partial charge < -0.3 is 4.74 Å². The molecule has 1 N–H and O–H groups in total. The lowest BCUT2D eigenvalue weighted by Gasteiger charge is -2.06. The number of benzene rings is 2. The maximum atomic E-state index is 11.6.